The Kier molecular flexibility index (Phi) is 7.04. The van der Waals surface area contributed by atoms with E-state index in [1.807, 2.05) is 6.07 Å². The highest BCUT2D eigenvalue weighted by atomic mass is 35.5. The van der Waals surface area contributed by atoms with E-state index in [1.54, 1.807) is 0 Å². The van der Waals surface area contributed by atoms with Gasteiger partial charge in [0.15, 0.2) is 5.16 Å². The second kappa shape index (κ2) is 9.01. The maximum atomic E-state index is 13.0. The standard InChI is InChI=1S/C22H35ClN4OS/c1-6-8-26(9-7-2)18-10-17(23)24-20(25-18)29-13-19(28)27-15-22(5)12-16(27)11-21(3,4)14-22/h10,16H,6-9,11-15H2,1-5H3. The molecule has 2 heterocycles. The van der Waals surface area contributed by atoms with Crippen LogP contribution in [0.25, 0.3) is 0 Å². The summed E-state index contributed by atoms with van der Waals surface area (Å²) in [5.41, 5.74) is 0.570. The highest BCUT2D eigenvalue weighted by Crippen LogP contribution is 2.52. The van der Waals surface area contributed by atoms with Crippen molar-refractivity contribution in [1.82, 2.24) is 14.9 Å². The van der Waals surface area contributed by atoms with Gasteiger partial charge in [0.2, 0.25) is 5.91 Å². The van der Waals surface area contributed by atoms with E-state index in [0.29, 0.717) is 27.5 Å². The van der Waals surface area contributed by atoms with Gasteiger partial charge in [0.25, 0.3) is 0 Å². The van der Waals surface area contributed by atoms with Gasteiger partial charge in [-0.3, -0.25) is 4.79 Å². The molecule has 0 N–H and O–H groups in total. The van der Waals surface area contributed by atoms with Crippen molar-refractivity contribution in [1.29, 1.82) is 0 Å². The molecule has 1 aromatic rings. The van der Waals surface area contributed by atoms with Crippen molar-refractivity contribution in [3.63, 3.8) is 0 Å². The van der Waals surface area contributed by atoms with Gasteiger partial charge in [0.1, 0.15) is 11.0 Å². The lowest BCUT2D eigenvalue weighted by Crippen LogP contribution is -2.38. The minimum atomic E-state index is 0.200. The molecule has 5 nitrogen and oxygen atoms in total. The molecule has 2 atom stereocenters. The number of hydrogen-bond acceptors (Lipinski definition) is 5. The van der Waals surface area contributed by atoms with Gasteiger partial charge in [-0.1, -0.05) is 58.0 Å². The van der Waals surface area contributed by atoms with Crippen LogP contribution in [0, 0.1) is 10.8 Å². The predicted octanol–water partition coefficient (Wildman–Crippen LogP) is 5.28. The van der Waals surface area contributed by atoms with Gasteiger partial charge in [-0.15, -0.1) is 0 Å². The van der Waals surface area contributed by atoms with Crippen LogP contribution in [-0.4, -0.2) is 52.2 Å². The number of nitrogens with zero attached hydrogens (tertiary/aromatic N) is 4. The summed E-state index contributed by atoms with van der Waals surface area (Å²) in [7, 11) is 0. The van der Waals surface area contributed by atoms with E-state index in [4.69, 9.17) is 16.6 Å². The predicted molar refractivity (Wildman–Crippen MR) is 122 cm³/mol. The number of carbonyl (C=O) groups is 1. The number of hydrogen-bond donors (Lipinski definition) is 0. The summed E-state index contributed by atoms with van der Waals surface area (Å²) in [6.45, 7) is 14.1. The van der Waals surface area contributed by atoms with E-state index < -0.39 is 0 Å². The van der Waals surface area contributed by atoms with Crippen molar-refractivity contribution in [2.45, 2.75) is 77.9 Å². The number of halogens is 1. The maximum absolute atomic E-state index is 13.0. The van der Waals surface area contributed by atoms with Crippen molar-refractivity contribution in [2.24, 2.45) is 10.8 Å². The number of thioether (sulfide) groups is 1. The van der Waals surface area contributed by atoms with Crippen LogP contribution in [0.2, 0.25) is 5.15 Å². The summed E-state index contributed by atoms with van der Waals surface area (Å²) in [5.74, 6) is 1.43. The van der Waals surface area contributed by atoms with Crippen LogP contribution in [-0.2, 0) is 4.79 Å². The third-order valence-corrected chi connectivity index (χ3v) is 7.06. The van der Waals surface area contributed by atoms with Gasteiger partial charge in [-0.05, 0) is 42.9 Å². The first-order valence-corrected chi connectivity index (χ1v) is 12.2. The normalized spacial score (nSPS) is 25.3. The second-order valence-corrected chi connectivity index (χ2v) is 11.2. The van der Waals surface area contributed by atoms with Gasteiger partial charge in [-0.25, -0.2) is 9.97 Å². The fraction of sp³-hybridized carbons (Fsp3) is 0.773. The fourth-order valence-corrected chi connectivity index (χ4v) is 6.42. The van der Waals surface area contributed by atoms with E-state index in [0.717, 1.165) is 51.1 Å². The number of rotatable bonds is 8. The van der Waals surface area contributed by atoms with Crippen molar-refractivity contribution in [2.75, 3.05) is 30.3 Å². The van der Waals surface area contributed by atoms with Gasteiger partial charge >= 0.3 is 0 Å². The van der Waals surface area contributed by atoms with E-state index in [-0.39, 0.29) is 11.3 Å². The molecule has 2 bridgehead atoms. The Bertz CT molecular complexity index is 738. The lowest BCUT2D eigenvalue weighted by molar-refractivity contribution is -0.129. The van der Waals surface area contributed by atoms with Crippen molar-refractivity contribution < 1.29 is 4.79 Å². The summed E-state index contributed by atoms with van der Waals surface area (Å²) < 4.78 is 0. The van der Waals surface area contributed by atoms with E-state index in [2.05, 4.69) is 49.4 Å². The molecule has 162 valence electrons. The first-order valence-electron chi connectivity index (χ1n) is 10.9. The topological polar surface area (TPSA) is 49.3 Å². The lowest BCUT2D eigenvalue weighted by atomic mass is 9.65. The Labute approximate surface area is 185 Å². The van der Waals surface area contributed by atoms with Gasteiger partial charge in [0, 0.05) is 31.7 Å². The third-order valence-electron chi connectivity index (χ3n) is 6.03. The molecule has 2 unspecified atom stereocenters. The molecule has 29 heavy (non-hydrogen) atoms. The molecule has 3 rings (SSSR count). The quantitative estimate of drug-likeness (QED) is 0.314. The molecule has 0 radical (unpaired) electrons. The molecule has 1 saturated carbocycles. The molecule has 1 saturated heterocycles. The first-order chi connectivity index (χ1) is 13.6. The molecular formula is C22H35ClN4OS. The summed E-state index contributed by atoms with van der Waals surface area (Å²) >= 11 is 7.68. The average molecular weight is 439 g/mol. The Morgan fingerprint density at radius 2 is 1.93 bits per heavy atom. The van der Waals surface area contributed by atoms with Crippen LogP contribution in [0.4, 0.5) is 5.82 Å². The Morgan fingerprint density at radius 3 is 2.59 bits per heavy atom. The molecule has 1 aliphatic carbocycles. The van der Waals surface area contributed by atoms with Crippen LogP contribution in [0.1, 0.15) is 66.7 Å². The first kappa shape index (κ1) is 22.7. The van der Waals surface area contributed by atoms with Crippen molar-refractivity contribution >= 4 is 35.1 Å². The van der Waals surface area contributed by atoms with E-state index >= 15 is 0 Å². The molecule has 1 aliphatic heterocycles. The molecule has 1 aromatic heterocycles. The lowest BCUT2D eigenvalue weighted by Gasteiger charge is -2.39. The zero-order chi connectivity index (χ0) is 21.2. The number of aromatic nitrogens is 2. The highest BCUT2D eigenvalue weighted by molar-refractivity contribution is 7.99. The smallest absolute Gasteiger partial charge is 0.233 e. The maximum Gasteiger partial charge on any atom is 0.233 e. The number of fused-ring (bicyclic) bond motifs is 2. The van der Waals surface area contributed by atoms with Crippen LogP contribution < -0.4 is 4.90 Å². The Hall–Kier alpha value is -1.01. The van der Waals surface area contributed by atoms with Crippen LogP contribution in [0.15, 0.2) is 11.2 Å². The molecule has 0 aromatic carbocycles. The SMILES string of the molecule is CCCN(CCC)c1cc(Cl)nc(SCC(=O)N2CC3(C)CC2CC(C)(C)C3)n1. The van der Waals surface area contributed by atoms with Crippen LogP contribution in [0.5, 0.6) is 0 Å². The van der Waals surface area contributed by atoms with Gasteiger partial charge in [-0.2, -0.15) is 0 Å². The summed E-state index contributed by atoms with van der Waals surface area (Å²) in [4.78, 5) is 26.4. The zero-order valence-electron chi connectivity index (χ0n) is 18.5. The third kappa shape index (κ3) is 5.57. The summed E-state index contributed by atoms with van der Waals surface area (Å²) in [5, 5.41) is 1.03. The van der Waals surface area contributed by atoms with E-state index in [9.17, 15) is 4.79 Å². The van der Waals surface area contributed by atoms with Crippen molar-refractivity contribution in [3.05, 3.63) is 11.2 Å². The average Bonchev–Trinajstić information content (AvgIpc) is 2.88. The monoisotopic (exact) mass is 438 g/mol. The number of anilines is 1. The molecule has 0 spiro atoms. The minimum absolute atomic E-state index is 0.200. The molecule has 7 heteroatoms. The number of likely N-dealkylation sites (tertiary alicyclic amines) is 1. The molecule has 2 aliphatic rings. The number of amides is 1. The van der Waals surface area contributed by atoms with Gasteiger partial charge in [0.05, 0.1) is 5.75 Å². The summed E-state index contributed by atoms with van der Waals surface area (Å²) in [6, 6.07) is 2.20. The molecular weight excluding hydrogens is 404 g/mol. The fourth-order valence-electron chi connectivity index (χ4n) is 5.45. The number of carbonyl (C=O) groups excluding carboxylic acids is 1. The largest absolute Gasteiger partial charge is 0.356 e. The Morgan fingerprint density at radius 1 is 1.24 bits per heavy atom. The molecule has 2 fully saturated rings. The van der Waals surface area contributed by atoms with E-state index in [1.165, 1.54) is 18.2 Å². The second-order valence-electron chi connectivity index (χ2n) is 9.84. The van der Waals surface area contributed by atoms with Crippen molar-refractivity contribution in [3.8, 4) is 0 Å². The van der Waals surface area contributed by atoms with Crippen LogP contribution >= 0.6 is 23.4 Å². The van der Waals surface area contributed by atoms with Crippen LogP contribution in [0.3, 0.4) is 0 Å². The van der Waals surface area contributed by atoms with Gasteiger partial charge < -0.3 is 9.80 Å². The minimum Gasteiger partial charge on any atom is -0.356 e. The summed E-state index contributed by atoms with van der Waals surface area (Å²) in [6.07, 6.45) is 5.52. The highest BCUT2D eigenvalue weighted by Gasteiger charge is 2.50. The zero-order valence-corrected chi connectivity index (χ0v) is 20.1. The Balaban J connectivity index is 1.66. The molecule has 1 amide bonds.